The molecule has 3 aromatic rings. The second-order valence-electron chi connectivity index (χ2n) is 10.0. The second kappa shape index (κ2) is 7.58. The first-order chi connectivity index (χ1) is 17.0. The van der Waals surface area contributed by atoms with Gasteiger partial charge in [0.25, 0.3) is 0 Å². The largest absolute Gasteiger partial charge is 0.497 e. The summed E-state index contributed by atoms with van der Waals surface area (Å²) in [6.45, 7) is 2.12. The van der Waals surface area contributed by atoms with Crippen molar-refractivity contribution in [2.75, 3.05) is 12.0 Å². The molecule has 2 aliphatic heterocycles. The third kappa shape index (κ3) is 2.87. The van der Waals surface area contributed by atoms with Gasteiger partial charge in [0.15, 0.2) is 0 Å². The van der Waals surface area contributed by atoms with Crippen LogP contribution in [0.4, 0.5) is 5.69 Å². The minimum atomic E-state index is -0.291. The molecule has 1 N–H and O–H groups in total. The standard InChI is InChI=1S/C27H24N2O4S2/c1-12-5-3-4-6-15(12)18-19-16-11-17(22(19)34-24-23(18)35-27(32)28-24)21-20(16)25(30)29(26(21)31)13-7-9-14(33-2)10-8-13/h3-10,16-22H,11H2,1-2H3,(H,28,32)/t16-,17-,18+,19+,20+,21+,22-/m1/s1. The lowest BCUT2D eigenvalue weighted by Crippen LogP contribution is -2.42. The van der Waals surface area contributed by atoms with E-state index >= 15 is 0 Å². The molecular weight excluding hydrogens is 480 g/mol. The fourth-order valence-corrected chi connectivity index (χ4v) is 10.2. The summed E-state index contributed by atoms with van der Waals surface area (Å²) in [6, 6.07) is 15.5. The summed E-state index contributed by atoms with van der Waals surface area (Å²) in [6.07, 6.45) is 0.896. The van der Waals surface area contributed by atoms with E-state index in [-0.39, 0.29) is 57.4 Å². The quantitative estimate of drug-likeness (QED) is 0.534. The fraction of sp³-hybridized carbons (Fsp3) is 0.370. The summed E-state index contributed by atoms with van der Waals surface area (Å²) in [5.74, 6) is 0.505. The molecule has 2 aliphatic carbocycles. The highest BCUT2D eigenvalue weighted by Gasteiger charge is 2.69. The van der Waals surface area contributed by atoms with E-state index in [1.54, 1.807) is 43.1 Å². The van der Waals surface area contributed by atoms with Crippen molar-refractivity contribution in [3.8, 4) is 5.75 Å². The van der Waals surface area contributed by atoms with Crippen LogP contribution in [0.1, 0.15) is 28.3 Å². The van der Waals surface area contributed by atoms with Crippen LogP contribution in [0, 0.1) is 36.5 Å². The van der Waals surface area contributed by atoms with Gasteiger partial charge >= 0.3 is 4.87 Å². The summed E-state index contributed by atoms with van der Waals surface area (Å²) in [7, 11) is 1.60. The molecule has 0 radical (unpaired) electrons. The lowest BCUT2D eigenvalue weighted by Gasteiger charge is -2.43. The maximum Gasteiger partial charge on any atom is 0.305 e. The molecule has 3 heterocycles. The summed E-state index contributed by atoms with van der Waals surface area (Å²) in [5, 5.41) is 1.15. The Balaban J connectivity index is 1.32. The number of hydrogen-bond donors (Lipinski definition) is 1. The maximum atomic E-state index is 13.8. The molecule has 7 rings (SSSR count). The van der Waals surface area contributed by atoms with Gasteiger partial charge in [0.1, 0.15) is 5.75 Å². The molecule has 1 saturated heterocycles. The average Bonchev–Trinajstić information content (AvgIpc) is 3.59. The van der Waals surface area contributed by atoms with Crippen molar-refractivity contribution in [2.45, 2.75) is 29.5 Å². The number of aromatic amines is 1. The second-order valence-corrected chi connectivity index (χ2v) is 12.2. The number of amides is 2. The van der Waals surface area contributed by atoms with Crippen LogP contribution in [-0.2, 0) is 9.59 Å². The molecule has 35 heavy (non-hydrogen) atoms. The van der Waals surface area contributed by atoms with Crippen molar-refractivity contribution in [3.05, 3.63) is 74.2 Å². The van der Waals surface area contributed by atoms with Gasteiger partial charge < -0.3 is 9.72 Å². The van der Waals surface area contributed by atoms with E-state index in [0.717, 1.165) is 16.3 Å². The van der Waals surface area contributed by atoms with Gasteiger partial charge in [-0.25, -0.2) is 0 Å². The van der Waals surface area contributed by atoms with Crippen molar-refractivity contribution in [3.63, 3.8) is 0 Å². The van der Waals surface area contributed by atoms with Crippen molar-refractivity contribution >= 4 is 40.6 Å². The van der Waals surface area contributed by atoms with E-state index in [0.29, 0.717) is 11.4 Å². The van der Waals surface area contributed by atoms with Gasteiger partial charge in [0.05, 0.1) is 29.7 Å². The number of fused-ring (bicyclic) bond motifs is 9. The Bertz CT molecular complexity index is 1430. The Labute approximate surface area is 210 Å². The molecule has 7 atom stereocenters. The van der Waals surface area contributed by atoms with Crippen LogP contribution >= 0.6 is 23.1 Å². The van der Waals surface area contributed by atoms with Crippen LogP contribution in [0.3, 0.4) is 0 Å². The normalized spacial score (nSPS) is 32.5. The smallest absolute Gasteiger partial charge is 0.305 e. The van der Waals surface area contributed by atoms with Crippen LogP contribution < -0.4 is 14.5 Å². The minimum Gasteiger partial charge on any atom is -0.497 e. The molecular formula is C27H24N2O4S2. The number of carbonyl (C=O) groups excluding carboxylic acids is 2. The molecule has 1 aromatic heterocycles. The molecule has 6 nitrogen and oxygen atoms in total. The summed E-state index contributed by atoms with van der Waals surface area (Å²) in [4.78, 5) is 45.4. The zero-order valence-electron chi connectivity index (χ0n) is 19.3. The minimum absolute atomic E-state index is 0.0357. The number of H-pyrrole nitrogens is 1. The molecule has 2 saturated carbocycles. The van der Waals surface area contributed by atoms with Gasteiger partial charge in [-0.05, 0) is 66.5 Å². The highest BCUT2D eigenvalue weighted by atomic mass is 32.2. The molecule has 178 valence electrons. The number of aryl methyl sites for hydroxylation is 1. The maximum absolute atomic E-state index is 13.8. The summed E-state index contributed by atoms with van der Waals surface area (Å²) >= 11 is 3.03. The van der Waals surface area contributed by atoms with Gasteiger partial charge in [-0.3, -0.25) is 19.3 Å². The van der Waals surface area contributed by atoms with Crippen molar-refractivity contribution in [1.29, 1.82) is 0 Å². The van der Waals surface area contributed by atoms with Crippen molar-refractivity contribution in [1.82, 2.24) is 4.98 Å². The number of imide groups is 1. The van der Waals surface area contributed by atoms with Gasteiger partial charge in [-0.15, -0.1) is 11.8 Å². The number of thioether (sulfide) groups is 1. The first-order valence-electron chi connectivity index (χ1n) is 11.9. The van der Waals surface area contributed by atoms with Gasteiger partial charge in [-0.2, -0.15) is 0 Å². The first-order valence-corrected chi connectivity index (χ1v) is 13.6. The first kappa shape index (κ1) is 21.4. The van der Waals surface area contributed by atoms with E-state index < -0.39 is 0 Å². The molecule has 8 heteroatoms. The topological polar surface area (TPSA) is 79.5 Å². The fourth-order valence-electron chi connectivity index (χ4n) is 7.29. The van der Waals surface area contributed by atoms with Crippen molar-refractivity contribution < 1.29 is 14.3 Å². The van der Waals surface area contributed by atoms with E-state index in [2.05, 4.69) is 30.1 Å². The van der Waals surface area contributed by atoms with Gasteiger partial charge in [0.2, 0.25) is 11.8 Å². The Morgan fingerprint density at radius 3 is 2.40 bits per heavy atom. The highest BCUT2D eigenvalue weighted by Crippen LogP contribution is 2.68. The predicted octanol–water partition coefficient (Wildman–Crippen LogP) is 4.43. The number of thiazole rings is 1. The number of nitrogens with zero attached hydrogens (tertiary/aromatic N) is 1. The SMILES string of the molecule is COc1ccc(N2C(=O)[C@H]3[C@H]4C[C@@H]([C@@H]3C2=O)[C@H]2[C@H](c3ccccc3C)c3sc(=O)[nH]c3S[C@H]42)cc1. The number of carbonyl (C=O) groups is 2. The monoisotopic (exact) mass is 504 g/mol. The van der Waals surface area contributed by atoms with Gasteiger partial charge in [0, 0.05) is 16.0 Å². The molecule has 2 amide bonds. The van der Waals surface area contributed by atoms with E-state index in [9.17, 15) is 14.4 Å². The predicted molar refractivity (Wildman–Crippen MR) is 135 cm³/mol. The Morgan fingerprint density at radius 1 is 0.971 bits per heavy atom. The Kier molecular flexibility index (Phi) is 4.64. The molecule has 3 fully saturated rings. The number of nitrogens with one attached hydrogen (secondary N) is 1. The lowest BCUT2D eigenvalue weighted by molar-refractivity contribution is -0.123. The molecule has 0 unspecified atom stereocenters. The summed E-state index contributed by atoms with van der Waals surface area (Å²) < 4.78 is 5.25. The number of aromatic nitrogens is 1. The average molecular weight is 505 g/mol. The Hall–Kier alpha value is -2.84. The zero-order valence-corrected chi connectivity index (χ0v) is 20.9. The molecule has 2 aromatic carbocycles. The molecule has 0 spiro atoms. The number of benzene rings is 2. The van der Waals surface area contributed by atoms with Crippen LogP contribution in [0.5, 0.6) is 5.75 Å². The highest BCUT2D eigenvalue weighted by molar-refractivity contribution is 8.00. The Morgan fingerprint density at radius 2 is 1.69 bits per heavy atom. The van der Waals surface area contributed by atoms with Crippen LogP contribution in [0.15, 0.2) is 58.4 Å². The van der Waals surface area contributed by atoms with E-state index in [1.807, 2.05) is 6.07 Å². The van der Waals surface area contributed by atoms with Crippen molar-refractivity contribution in [2.24, 2.45) is 29.6 Å². The third-order valence-electron chi connectivity index (χ3n) is 8.58. The van der Waals surface area contributed by atoms with Crippen LogP contribution in [0.2, 0.25) is 0 Å². The summed E-state index contributed by atoms with van der Waals surface area (Å²) in [5.41, 5.74) is 3.04. The number of rotatable bonds is 3. The van der Waals surface area contributed by atoms with Gasteiger partial charge in [-0.1, -0.05) is 35.6 Å². The molecule has 4 aliphatic rings. The number of methoxy groups -OCH3 is 1. The number of ether oxygens (including phenoxy) is 1. The zero-order chi connectivity index (χ0) is 24.0. The molecule has 2 bridgehead atoms. The number of hydrogen-bond acceptors (Lipinski definition) is 6. The van der Waals surface area contributed by atoms with Crippen LogP contribution in [-0.4, -0.2) is 29.2 Å². The third-order valence-corrected chi connectivity index (χ3v) is 11.2. The lowest BCUT2D eigenvalue weighted by atomic mass is 9.67. The van der Waals surface area contributed by atoms with E-state index in [1.165, 1.54) is 27.4 Å². The van der Waals surface area contributed by atoms with Crippen LogP contribution in [0.25, 0.3) is 0 Å². The van der Waals surface area contributed by atoms with E-state index in [4.69, 9.17) is 4.74 Å². The number of anilines is 1.